The molecule has 1 aromatic carbocycles. The average molecular weight is 395 g/mol. The molecule has 4 rings (SSSR count). The van der Waals surface area contributed by atoms with Gasteiger partial charge in [0.15, 0.2) is 0 Å². The minimum atomic E-state index is -0.231. The molecule has 0 spiro atoms. The number of aromatic nitrogens is 2. The molecule has 7 nitrogen and oxygen atoms in total. The summed E-state index contributed by atoms with van der Waals surface area (Å²) in [4.78, 5) is 30.1. The number of rotatable bonds is 4. The minimum absolute atomic E-state index is 0.0457. The summed E-state index contributed by atoms with van der Waals surface area (Å²) in [7, 11) is 3.49. The summed E-state index contributed by atoms with van der Waals surface area (Å²) in [6.45, 7) is 3.11. The van der Waals surface area contributed by atoms with Crippen LogP contribution in [-0.2, 0) is 7.05 Å². The number of nitrogens with one attached hydrogen (secondary N) is 1. The highest BCUT2D eigenvalue weighted by molar-refractivity contribution is 6.07. The zero-order chi connectivity index (χ0) is 20.5. The Morgan fingerprint density at radius 2 is 1.93 bits per heavy atom. The van der Waals surface area contributed by atoms with Crippen LogP contribution in [0.25, 0.3) is 10.9 Å². The third-order valence-corrected chi connectivity index (χ3v) is 5.51. The van der Waals surface area contributed by atoms with Crippen LogP contribution < -0.4 is 15.0 Å². The Bertz CT molecular complexity index is 1110. The minimum Gasteiger partial charge on any atom is -0.497 e. The lowest BCUT2D eigenvalue weighted by molar-refractivity contribution is 0.0597. The first-order chi connectivity index (χ1) is 14.0. The Hall–Kier alpha value is -3.22. The number of piperidine rings is 1. The molecule has 1 fully saturated rings. The summed E-state index contributed by atoms with van der Waals surface area (Å²) in [6, 6.07) is 7.54. The van der Waals surface area contributed by atoms with E-state index >= 15 is 0 Å². The first-order valence-corrected chi connectivity index (χ1v) is 9.75. The van der Waals surface area contributed by atoms with E-state index in [9.17, 15) is 9.59 Å². The second-order valence-corrected chi connectivity index (χ2v) is 7.47. The number of likely N-dealkylation sites (tertiary alicyclic amines) is 1. The van der Waals surface area contributed by atoms with Crippen molar-refractivity contribution in [1.82, 2.24) is 14.5 Å². The smallest absolute Gasteiger partial charge is 0.258 e. The van der Waals surface area contributed by atoms with E-state index in [2.05, 4.69) is 4.98 Å². The lowest BCUT2D eigenvalue weighted by Crippen LogP contribution is -2.42. The van der Waals surface area contributed by atoms with Crippen LogP contribution in [0.15, 0.2) is 41.5 Å². The van der Waals surface area contributed by atoms with E-state index in [1.54, 1.807) is 19.5 Å². The molecule has 1 aliphatic heterocycles. The van der Waals surface area contributed by atoms with Crippen molar-refractivity contribution in [2.75, 3.05) is 20.2 Å². The maximum Gasteiger partial charge on any atom is 0.258 e. The van der Waals surface area contributed by atoms with Crippen molar-refractivity contribution in [1.29, 1.82) is 0 Å². The Morgan fingerprint density at radius 3 is 2.66 bits per heavy atom. The van der Waals surface area contributed by atoms with Gasteiger partial charge in [0.1, 0.15) is 17.6 Å². The van der Waals surface area contributed by atoms with Gasteiger partial charge in [-0.05, 0) is 24.6 Å². The van der Waals surface area contributed by atoms with Crippen molar-refractivity contribution in [2.24, 2.45) is 7.05 Å². The van der Waals surface area contributed by atoms with E-state index in [-0.39, 0.29) is 17.6 Å². The summed E-state index contributed by atoms with van der Waals surface area (Å²) < 4.78 is 13.2. The molecule has 1 N–H and O–H groups in total. The molecule has 0 atom stereocenters. The van der Waals surface area contributed by atoms with Crippen molar-refractivity contribution >= 4 is 16.8 Å². The summed E-state index contributed by atoms with van der Waals surface area (Å²) in [5, 5.41) is 0.465. The molecule has 0 unspecified atom stereocenters. The van der Waals surface area contributed by atoms with Crippen LogP contribution in [-0.4, -0.2) is 46.7 Å². The number of H-pyrrole nitrogens is 1. The van der Waals surface area contributed by atoms with Gasteiger partial charge in [0.25, 0.3) is 11.5 Å². The quantitative estimate of drug-likeness (QED) is 0.737. The number of hydrogen-bond donors (Lipinski definition) is 1. The standard InChI is InChI=1S/C22H25N3O4/c1-14-12-23-21(26)19-18(13-24(2)20(14)19)22(27)25-9-7-15(8-10-25)29-17-6-4-5-16(11-17)28-3/h4-6,11-13,15H,7-10H2,1-3H3,(H,23,26). The summed E-state index contributed by atoms with van der Waals surface area (Å²) >= 11 is 0. The second kappa shape index (κ2) is 7.66. The van der Waals surface area contributed by atoms with Crippen LogP contribution in [0.2, 0.25) is 0 Å². The van der Waals surface area contributed by atoms with Gasteiger partial charge in [-0.25, -0.2) is 0 Å². The molecule has 0 bridgehead atoms. The maximum absolute atomic E-state index is 13.1. The molecule has 1 aliphatic rings. The number of carbonyl (C=O) groups excluding carboxylic acids is 1. The fourth-order valence-electron chi connectivity index (χ4n) is 4.02. The highest BCUT2D eigenvalue weighted by Crippen LogP contribution is 2.25. The third kappa shape index (κ3) is 3.60. The molecule has 2 aromatic heterocycles. The largest absolute Gasteiger partial charge is 0.497 e. The number of hydrogen-bond acceptors (Lipinski definition) is 4. The normalized spacial score (nSPS) is 14.9. The number of methoxy groups -OCH3 is 1. The lowest BCUT2D eigenvalue weighted by Gasteiger charge is -2.32. The molecule has 29 heavy (non-hydrogen) atoms. The van der Waals surface area contributed by atoms with Gasteiger partial charge in [-0.2, -0.15) is 0 Å². The number of amides is 1. The molecule has 3 heterocycles. The van der Waals surface area contributed by atoms with Crippen LogP contribution in [0, 0.1) is 6.92 Å². The van der Waals surface area contributed by atoms with E-state index in [4.69, 9.17) is 9.47 Å². The second-order valence-electron chi connectivity index (χ2n) is 7.47. The summed E-state index contributed by atoms with van der Waals surface area (Å²) in [5.74, 6) is 1.42. The zero-order valence-electron chi connectivity index (χ0n) is 16.9. The van der Waals surface area contributed by atoms with Crippen LogP contribution in [0.1, 0.15) is 28.8 Å². The highest BCUT2D eigenvalue weighted by atomic mass is 16.5. The van der Waals surface area contributed by atoms with Gasteiger partial charge in [0, 0.05) is 51.4 Å². The van der Waals surface area contributed by atoms with E-state index in [1.807, 2.05) is 47.7 Å². The molecular formula is C22H25N3O4. The van der Waals surface area contributed by atoms with Crippen molar-refractivity contribution < 1.29 is 14.3 Å². The molecule has 0 aliphatic carbocycles. The zero-order valence-corrected chi connectivity index (χ0v) is 16.9. The molecule has 0 saturated carbocycles. The SMILES string of the molecule is COc1cccc(OC2CCN(C(=O)c3cn(C)c4c(C)c[nH]c(=O)c34)CC2)c1. The van der Waals surface area contributed by atoms with Gasteiger partial charge in [-0.1, -0.05) is 6.07 Å². The molecule has 1 saturated heterocycles. The van der Waals surface area contributed by atoms with Gasteiger partial charge < -0.3 is 23.9 Å². The molecule has 0 radical (unpaired) electrons. The molecule has 1 amide bonds. The number of nitrogens with zero attached hydrogens (tertiary/aromatic N) is 2. The van der Waals surface area contributed by atoms with Crippen LogP contribution in [0.5, 0.6) is 11.5 Å². The Balaban J connectivity index is 1.48. The number of carbonyl (C=O) groups is 1. The number of ether oxygens (including phenoxy) is 2. The maximum atomic E-state index is 13.1. The fourth-order valence-corrected chi connectivity index (χ4v) is 4.02. The van der Waals surface area contributed by atoms with E-state index in [0.717, 1.165) is 35.4 Å². The van der Waals surface area contributed by atoms with E-state index in [1.165, 1.54) is 0 Å². The lowest BCUT2D eigenvalue weighted by atomic mass is 10.1. The highest BCUT2D eigenvalue weighted by Gasteiger charge is 2.27. The van der Waals surface area contributed by atoms with E-state index in [0.29, 0.717) is 24.0 Å². The van der Waals surface area contributed by atoms with Gasteiger partial charge in [0.2, 0.25) is 0 Å². The van der Waals surface area contributed by atoms with Gasteiger partial charge in [-0.15, -0.1) is 0 Å². The van der Waals surface area contributed by atoms with E-state index < -0.39 is 0 Å². The van der Waals surface area contributed by atoms with Gasteiger partial charge in [0.05, 0.1) is 23.6 Å². The Kier molecular flexibility index (Phi) is 5.05. The summed E-state index contributed by atoms with van der Waals surface area (Å²) in [6.07, 6.45) is 4.96. The summed E-state index contributed by atoms with van der Waals surface area (Å²) in [5.41, 5.74) is 1.96. The van der Waals surface area contributed by atoms with Crippen molar-refractivity contribution in [3.05, 3.63) is 58.1 Å². The number of fused-ring (bicyclic) bond motifs is 1. The number of aromatic amines is 1. The monoisotopic (exact) mass is 395 g/mol. The van der Waals surface area contributed by atoms with Crippen LogP contribution in [0.3, 0.4) is 0 Å². The predicted molar refractivity (Wildman–Crippen MR) is 111 cm³/mol. The van der Waals surface area contributed by atoms with Crippen molar-refractivity contribution in [3.8, 4) is 11.5 Å². The fraction of sp³-hybridized carbons (Fsp3) is 0.364. The predicted octanol–water partition coefficient (Wildman–Crippen LogP) is 2.87. The first-order valence-electron chi connectivity index (χ1n) is 9.75. The molecule has 3 aromatic rings. The third-order valence-electron chi connectivity index (χ3n) is 5.51. The molecular weight excluding hydrogens is 370 g/mol. The Labute approximate surface area is 168 Å². The number of benzene rings is 1. The van der Waals surface area contributed by atoms with Crippen LogP contribution >= 0.6 is 0 Å². The first kappa shape index (κ1) is 19.1. The Morgan fingerprint density at radius 1 is 1.21 bits per heavy atom. The van der Waals surface area contributed by atoms with Gasteiger partial charge in [-0.3, -0.25) is 9.59 Å². The number of pyridine rings is 1. The molecule has 152 valence electrons. The average Bonchev–Trinajstić information content (AvgIpc) is 3.09. The molecule has 7 heteroatoms. The number of aryl methyl sites for hydroxylation is 2. The topological polar surface area (TPSA) is 76.6 Å². The van der Waals surface area contributed by atoms with Crippen molar-refractivity contribution in [3.63, 3.8) is 0 Å². The van der Waals surface area contributed by atoms with Crippen LogP contribution in [0.4, 0.5) is 0 Å². The van der Waals surface area contributed by atoms with Gasteiger partial charge >= 0.3 is 0 Å². The van der Waals surface area contributed by atoms with Crippen molar-refractivity contribution in [2.45, 2.75) is 25.9 Å².